The van der Waals surface area contributed by atoms with Crippen LogP contribution in [0.2, 0.25) is 0 Å². The molecule has 7 heteroatoms. The first-order chi connectivity index (χ1) is 14.2. The van der Waals surface area contributed by atoms with Crippen molar-refractivity contribution in [3.63, 3.8) is 0 Å². The molecule has 1 N–H and O–H groups in total. The Hall–Kier alpha value is -3.06. The molecule has 1 aliphatic heterocycles. The van der Waals surface area contributed by atoms with Crippen LogP contribution in [0.3, 0.4) is 0 Å². The number of para-hydroxylation sites is 1. The Kier molecular flexibility index (Phi) is 5.95. The van der Waals surface area contributed by atoms with E-state index in [4.69, 9.17) is 9.57 Å². The molecule has 29 heavy (non-hydrogen) atoms. The van der Waals surface area contributed by atoms with Gasteiger partial charge in [0.1, 0.15) is 17.9 Å². The highest BCUT2D eigenvalue weighted by atomic mass is 16.7. The van der Waals surface area contributed by atoms with Gasteiger partial charge in [-0.05, 0) is 55.8 Å². The molecule has 0 spiro atoms. The van der Waals surface area contributed by atoms with Crippen LogP contribution in [-0.4, -0.2) is 54.1 Å². The smallest absolute Gasteiger partial charge is 0.230 e. The zero-order chi connectivity index (χ0) is 20.1. The number of carbonyl (C=O) groups is 1. The summed E-state index contributed by atoms with van der Waals surface area (Å²) in [5.74, 6) is 1.16. The molecular weight excluding hydrogens is 368 g/mol. The van der Waals surface area contributed by atoms with Crippen molar-refractivity contribution in [2.45, 2.75) is 19.3 Å². The number of carbonyl (C=O) groups excluding carboxylic acids is 1. The van der Waals surface area contributed by atoms with Gasteiger partial charge < -0.3 is 14.9 Å². The Morgan fingerprint density at radius 3 is 2.62 bits per heavy atom. The van der Waals surface area contributed by atoms with Crippen molar-refractivity contribution >= 4 is 22.6 Å². The predicted octanol–water partition coefficient (Wildman–Crippen LogP) is 2.75. The number of ether oxygens (including phenoxy) is 1. The summed E-state index contributed by atoms with van der Waals surface area (Å²) in [5, 5.41) is 8.27. The minimum Gasteiger partial charge on any atom is -0.497 e. The predicted molar refractivity (Wildman–Crippen MR) is 112 cm³/mol. The highest BCUT2D eigenvalue weighted by Gasteiger charge is 2.15. The highest BCUT2D eigenvalue weighted by molar-refractivity contribution is 6.00. The second-order valence-electron chi connectivity index (χ2n) is 7.19. The van der Waals surface area contributed by atoms with Crippen LogP contribution in [0.4, 0.5) is 5.82 Å². The van der Waals surface area contributed by atoms with Crippen molar-refractivity contribution in [1.29, 1.82) is 0 Å². The minimum atomic E-state index is -0.123. The van der Waals surface area contributed by atoms with Gasteiger partial charge in [-0.25, -0.2) is 0 Å². The number of methoxy groups -OCH3 is 1. The zero-order valence-corrected chi connectivity index (χ0v) is 16.6. The van der Waals surface area contributed by atoms with Gasteiger partial charge in [0.05, 0.1) is 13.5 Å². The zero-order valence-electron chi connectivity index (χ0n) is 16.6. The van der Waals surface area contributed by atoms with Crippen LogP contribution in [0.1, 0.15) is 18.4 Å². The van der Waals surface area contributed by atoms with Gasteiger partial charge in [-0.15, -0.1) is 5.10 Å². The van der Waals surface area contributed by atoms with E-state index in [1.807, 2.05) is 48.5 Å². The van der Waals surface area contributed by atoms with Crippen molar-refractivity contribution in [2.24, 2.45) is 0 Å². The maximum absolute atomic E-state index is 12.5. The van der Waals surface area contributed by atoms with E-state index >= 15 is 0 Å². The molecule has 1 aliphatic rings. The third kappa shape index (κ3) is 4.68. The minimum absolute atomic E-state index is 0.123. The van der Waals surface area contributed by atoms with Gasteiger partial charge in [-0.3, -0.25) is 9.69 Å². The summed E-state index contributed by atoms with van der Waals surface area (Å²) in [6, 6.07) is 15.2. The van der Waals surface area contributed by atoms with Crippen molar-refractivity contribution in [1.82, 2.24) is 14.8 Å². The lowest BCUT2D eigenvalue weighted by atomic mass is 10.1. The molecule has 2 aromatic carbocycles. The molecule has 0 unspecified atom stereocenters. The molecule has 0 saturated carbocycles. The number of aromatic nitrogens is 2. The fraction of sp³-hybridized carbons (Fsp3) is 0.364. The Bertz CT molecular complexity index is 962. The maximum atomic E-state index is 12.5. The molecule has 1 saturated heterocycles. The van der Waals surface area contributed by atoms with Gasteiger partial charge in [0.2, 0.25) is 5.91 Å². The lowest BCUT2D eigenvalue weighted by Gasteiger charge is -2.14. The third-order valence-corrected chi connectivity index (χ3v) is 5.16. The van der Waals surface area contributed by atoms with Crippen molar-refractivity contribution in [3.8, 4) is 5.75 Å². The number of hydrogen-bond donors (Lipinski definition) is 1. The molecule has 2 heterocycles. The maximum Gasteiger partial charge on any atom is 0.230 e. The molecular formula is C22H26N4O3. The van der Waals surface area contributed by atoms with E-state index in [-0.39, 0.29) is 12.3 Å². The van der Waals surface area contributed by atoms with Gasteiger partial charge in [0.15, 0.2) is 5.82 Å². The van der Waals surface area contributed by atoms with E-state index in [2.05, 4.69) is 15.3 Å². The largest absolute Gasteiger partial charge is 0.497 e. The second-order valence-corrected chi connectivity index (χ2v) is 7.19. The van der Waals surface area contributed by atoms with Crippen molar-refractivity contribution < 1.29 is 14.4 Å². The number of anilines is 1. The molecule has 3 aromatic rings. The summed E-state index contributed by atoms with van der Waals surface area (Å²) >= 11 is 0. The summed E-state index contributed by atoms with van der Waals surface area (Å²) in [4.78, 5) is 22.3. The first-order valence-corrected chi connectivity index (χ1v) is 9.99. The third-order valence-electron chi connectivity index (χ3n) is 5.16. The molecule has 1 amide bonds. The van der Waals surface area contributed by atoms with E-state index in [1.54, 1.807) is 7.11 Å². The molecule has 7 nitrogen and oxygen atoms in total. The number of hydrogen-bond acceptors (Lipinski definition) is 5. The molecule has 0 atom stereocenters. The van der Waals surface area contributed by atoms with E-state index in [0.29, 0.717) is 12.4 Å². The fourth-order valence-corrected chi connectivity index (χ4v) is 3.60. The first-order valence-electron chi connectivity index (χ1n) is 9.99. The van der Waals surface area contributed by atoms with Gasteiger partial charge >= 0.3 is 0 Å². The average molecular weight is 394 g/mol. The van der Waals surface area contributed by atoms with Crippen LogP contribution in [0.15, 0.2) is 48.5 Å². The van der Waals surface area contributed by atoms with Gasteiger partial charge in [0.25, 0.3) is 0 Å². The number of rotatable bonds is 8. The fourth-order valence-electron chi connectivity index (χ4n) is 3.60. The number of nitrogens with one attached hydrogen (secondary N) is 1. The number of nitrogens with zero attached hydrogens (tertiary/aromatic N) is 3. The van der Waals surface area contributed by atoms with Crippen LogP contribution in [-0.2, 0) is 11.2 Å². The molecule has 0 radical (unpaired) electrons. The molecule has 152 valence electrons. The van der Waals surface area contributed by atoms with Gasteiger partial charge in [-0.1, -0.05) is 29.1 Å². The van der Waals surface area contributed by atoms with Crippen LogP contribution < -0.4 is 14.9 Å². The monoisotopic (exact) mass is 394 g/mol. The molecule has 1 aromatic heterocycles. The average Bonchev–Trinajstić information content (AvgIpc) is 3.37. The number of benzene rings is 2. The van der Waals surface area contributed by atoms with Crippen LogP contribution in [0.25, 0.3) is 10.9 Å². The number of amides is 1. The highest BCUT2D eigenvalue weighted by Crippen LogP contribution is 2.22. The van der Waals surface area contributed by atoms with Crippen LogP contribution in [0, 0.1) is 0 Å². The topological polar surface area (TPSA) is 68.6 Å². The Balaban J connectivity index is 1.42. The van der Waals surface area contributed by atoms with Crippen LogP contribution >= 0.6 is 0 Å². The SMILES string of the molecule is COc1ccc(CC(=O)Nc2nn(OCCN3CCCC3)c3ccccc23)cc1. The van der Waals surface area contributed by atoms with E-state index in [0.717, 1.165) is 41.9 Å². The van der Waals surface area contributed by atoms with Crippen molar-refractivity contribution in [2.75, 3.05) is 38.7 Å². The summed E-state index contributed by atoms with van der Waals surface area (Å²) in [6.07, 6.45) is 2.78. The normalized spacial score (nSPS) is 14.2. The lowest BCUT2D eigenvalue weighted by Crippen LogP contribution is -2.28. The quantitative estimate of drug-likeness (QED) is 0.636. The molecule has 1 fully saturated rings. The van der Waals surface area contributed by atoms with E-state index in [1.165, 1.54) is 17.7 Å². The summed E-state index contributed by atoms with van der Waals surface area (Å²) < 4.78 is 5.16. The molecule has 0 aliphatic carbocycles. The lowest BCUT2D eigenvalue weighted by molar-refractivity contribution is -0.115. The Labute approximate surface area is 170 Å². The van der Waals surface area contributed by atoms with E-state index < -0.39 is 0 Å². The molecule has 0 bridgehead atoms. The first kappa shape index (κ1) is 19.3. The standard InChI is InChI=1S/C22H26N4O3/c1-28-18-10-8-17(9-11-18)16-21(27)23-22-19-6-2-3-7-20(19)26(24-22)29-15-14-25-12-4-5-13-25/h2-3,6-11H,4-5,12-16H2,1H3,(H,23,24,27). The Morgan fingerprint density at radius 1 is 1.10 bits per heavy atom. The second kappa shape index (κ2) is 8.96. The molecule has 4 rings (SSSR count). The van der Waals surface area contributed by atoms with Crippen LogP contribution in [0.5, 0.6) is 5.75 Å². The summed E-state index contributed by atoms with van der Waals surface area (Å²) in [6.45, 7) is 3.71. The van der Waals surface area contributed by atoms with Gasteiger partial charge in [0, 0.05) is 11.9 Å². The Morgan fingerprint density at radius 2 is 1.86 bits per heavy atom. The van der Waals surface area contributed by atoms with Crippen molar-refractivity contribution in [3.05, 3.63) is 54.1 Å². The summed E-state index contributed by atoms with van der Waals surface area (Å²) in [5.41, 5.74) is 1.75. The van der Waals surface area contributed by atoms with Gasteiger partial charge in [-0.2, -0.15) is 0 Å². The summed E-state index contributed by atoms with van der Waals surface area (Å²) in [7, 11) is 1.62. The number of likely N-dealkylation sites (tertiary alicyclic amines) is 1. The number of fused-ring (bicyclic) bond motifs is 1. The van der Waals surface area contributed by atoms with E-state index in [9.17, 15) is 4.79 Å².